The van der Waals surface area contributed by atoms with Crippen molar-refractivity contribution in [2.45, 2.75) is 5.16 Å². The molecule has 4 rings (SSSR count). The summed E-state index contributed by atoms with van der Waals surface area (Å²) in [6.07, 6.45) is 1.46. The molecule has 0 radical (unpaired) electrons. The average Bonchev–Trinajstić information content (AvgIpc) is 3.27. The van der Waals surface area contributed by atoms with Gasteiger partial charge in [-0.1, -0.05) is 48.2 Å². The smallest absolute Gasteiger partial charge is 0.250 e. The van der Waals surface area contributed by atoms with E-state index in [0.717, 1.165) is 16.5 Å². The lowest BCUT2D eigenvalue weighted by molar-refractivity contribution is -0.118. The van der Waals surface area contributed by atoms with E-state index in [0.29, 0.717) is 16.5 Å². The number of aromatic hydroxyl groups is 1. The predicted octanol–water partition coefficient (Wildman–Crippen LogP) is 2.77. The number of fused-ring (bicyclic) bond motifs is 1. The Morgan fingerprint density at radius 1 is 1.23 bits per heavy atom. The highest BCUT2D eigenvalue weighted by atomic mass is 32.2. The van der Waals surface area contributed by atoms with Gasteiger partial charge in [-0.25, -0.2) is 5.43 Å². The minimum absolute atomic E-state index is 0.0315. The summed E-state index contributed by atoms with van der Waals surface area (Å²) < 4.78 is 6.66. The van der Waals surface area contributed by atoms with Gasteiger partial charge in [-0.2, -0.15) is 9.78 Å². The normalized spacial score (nSPS) is 11.1. The summed E-state index contributed by atoms with van der Waals surface area (Å²) in [4.78, 5) is 12.2. The standard InChI is InChI=1S/C21H18N6O3S/c1-30-19-11-14(9-10-18(19)28)12-22-23-20(29)13-31-21-24-25-26-27(21)17-8-4-6-15-5-2-3-7-16(15)17/h2-12,28H,13H2,1H3,(H,23,29)/b22-12+. The van der Waals surface area contributed by atoms with Gasteiger partial charge < -0.3 is 9.84 Å². The van der Waals surface area contributed by atoms with E-state index in [1.54, 1.807) is 16.8 Å². The molecule has 2 N–H and O–H groups in total. The molecule has 156 valence electrons. The molecule has 4 aromatic rings. The van der Waals surface area contributed by atoms with Crippen molar-refractivity contribution >= 4 is 34.7 Å². The number of tetrazole rings is 1. The summed E-state index contributed by atoms with van der Waals surface area (Å²) in [6, 6.07) is 18.6. The van der Waals surface area contributed by atoms with Gasteiger partial charge in [-0.3, -0.25) is 4.79 Å². The van der Waals surface area contributed by atoms with Gasteiger partial charge in [0.2, 0.25) is 5.16 Å². The van der Waals surface area contributed by atoms with Gasteiger partial charge in [0.1, 0.15) is 0 Å². The van der Waals surface area contributed by atoms with Gasteiger partial charge in [-0.15, -0.1) is 5.10 Å². The summed E-state index contributed by atoms with van der Waals surface area (Å²) >= 11 is 1.21. The molecular weight excluding hydrogens is 416 g/mol. The lowest BCUT2D eigenvalue weighted by Crippen LogP contribution is -2.20. The first kappa shape index (κ1) is 20.4. The zero-order chi connectivity index (χ0) is 21.6. The number of carbonyl (C=O) groups is 1. The Labute approximate surface area is 181 Å². The summed E-state index contributed by atoms with van der Waals surface area (Å²) in [5.41, 5.74) is 3.97. The van der Waals surface area contributed by atoms with Crippen molar-refractivity contribution in [1.82, 2.24) is 25.6 Å². The van der Waals surface area contributed by atoms with Crippen LogP contribution in [-0.2, 0) is 4.79 Å². The van der Waals surface area contributed by atoms with Gasteiger partial charge in [0, 0.05) is 5.39 Å². The number of methoxy groups -OCH3 is 1. The van der Waals surface area contributed by atoms with Crippen molar-refractivity contribution in [3.05, 3.63) is 66.2 Å². The number of nitrogens with one attached hydrogen (secondary N) is 1. The molecule has 0 spiro atoms. The van der Waals surface area contributed by atoms with E-state index in [-0.39, 0.29) is 17.4 Å². The molecule has 1 aromatic heterocycles. The van der Waals surface area contributed by atoms with Crippen LogP contribution in [0.15, 0.2) is 70.9 Å². The molecule has 1 amide bonds. The van der Waals surface area contributed by atoms with E-state index in [9.17, 15) is 9.90 Å². The number of rotatable bonds is 7. The van der Waals surface area contributed by atoms with Crippen molar-refractivity contribution in [2.75, 3.05) is 12.9 Å². The van der Waals surface area contributed by atoms with Gasteiger partial charge >= 0.3 is 0 Å². The van der Waals surface area contributed by atoms with Gasteiger partial charge in [-0.05, 0) is 45.6 Å². The second-order valence-corrected chi connectivity index (χ2v) is 7.33. The van der Waals surface area contributed by atoms with E-state index in [4.69, 9.17) is 4.74 Å². The van der Waals surface area contributed by atoms with Gasteiger partial charge in [0.05, 0.1) is 24.8 Å². The Hall–Kier alpha value is -3.92. The maximum atomic E-state index is 12.2. The van der Waals surface area contributed by atoms with Crippen LogP contribution >= 0.6 is 11.8 Å². The maximum Gasteiger partial charge on any atom is 0.250 e. The first-order chi connectivity index (χ1) is 15.2. The van der Waals surface area contributed by atoms with Crippen molar-refractivity contribution in [3.8, 4) is 17.2 Å². The molecule has 9 nitrogen and oxygen atoms in total. The summed E-state index contributed by atoms with van der Waals surface area (Å²) in [7, 11) is 1.46. The number of amides is 1. The SMILES string of the molecule is COc1cc(/C=N/NC(=O)CSc2nnnn2-c2cccc3ccccc23)ccc1O. The van der Waals surface area contributed by atoms with Crippen LogP contribution in [0.1, 0.15) is 5.56 Å². The minimum atomic E-state index is -0.306. The number of aromatic nitrogens is 4. The van der Waals surface area contributed by atoms with E-state index in [2.05, 4.69) is 26.1 Å². The van der Waals surface area contributed by atoms with Crippen molar-refractivity contribution in [2.24, 2.45) is 5.10 Å². The van der Waals surface area contributed by atoms with Gasteiger partial charge in [0.15, 0.2) is 11.5 Å². The number of phenols is 1. The van der Waals surface area contributed by atoms with E-state index >= 15 is 0 Å². The zero-order valence-corrected chi connectivity index (χ0v) is 17.3. The molecule has 0 aliphatic rings. The third-order valence-corrected chi connectivity index (χ3v) is 5.29. The number of hydrogen-bond acceptors (Lipinski definition) is 8. The van der Waals surface area contributed by atoms with Gasteiger partial charge in [0.25, 0.3) is 5.91 Å². The minimum Gasteiger partial charge on any atom is -0.504 e. The maximum absolute atomic E-state index is 12.2. The molecule has 0 saturated carbocycles. The fraction of sp³-hybridized carbons (Fsp3) is 0.0952. The van der Waals surface area contributed by atoms with Crippen LogP contribution in [0.4, 0.5) is 0 Å². The third-order valence-electron chi connectivity index (χ3n) is 4.37. The van der Waals surface area contributed by atoms with Crippen LogP contribution in [0.5, 0.6) is 11.5 Å². The number of carbonyl (C=O) groups excluding carboxylic acids is 1. The van der Waals surface area contributed by atoms with E-state index < -0.39 is 0 Å². The van der Waals surface area contributed by atoms with Crippen LogP contribution in [0, 0.1) is 0 Å². The first-order valence-corrected chi connectivity index (χ1v) is 10.2. The number of nitrogens with zero attached hydrogens (tertiary/aromatic N) is 5. The summed E-state index contributed by atoms with van der Waals surface area (Å²) in [6.45, 7) is 0. The molecule has 0 saturated heterocycles. The number of thioether (sulfide) groups is 1. The average molecular weight is 434 g/mol. The number of phenolic OH excluding ortho intramolecular Hbond substituents is 1. The van der Waals surface area contributed by atoms with Crippen LogP contribution in [0.3, 0.4) is 0 Å². The Kier molecular flexibility index (Phi) is 6.08. The Bertz CT molecular complexity index is 1250. The largest absolute Gasteiger partial charge is 0.504 e. The van der Waals surface area contributed by atoms with E-state index in [1.807, 2.05) is 42.5 Å². The third kappa shape index (κ3) is 4.64. The molecule has 0 unspecified atom stereocenters. The molecule has 0 atom stereocenters. The Morgan fingerprint density at radius 2 is 2.06 bits per heavy atom. The summed E-state index contributed by atoms with van der Waals surface area (Å²) in [5.74, 6) is 0.135. The second-order valence-electron chi connectivity index (χ2n) is 6.38. The van der Waals surface area contributed by atoms with Crippen LogP contribution in [0.25, 0.3) is 16.5 Å². The quantitative estimate of drug-likeness (QED) is 0.261. The number of ether oxygens (including phenoxy) is 1. The molecular formula is C21H18N6O3S. The molecule has 1 heterocycles. The highest BCUT2D eigenvalue weighted by Gasteiger charge is 2.13. The predicted molar refractivity (Wildman–Crippen MR) is 118 cm³/mol. The molecule has 3 aromatic carbocycles. The molecule has 31 heavy (non-hydrogen) atoms. The molecule has 10 heteroatoms. The Morgan fingerprint density at radius 3 is 2.94 bits per heavy atom. The fourth-order valence-corrected chi connectivity index (χ4v) is 3.60. The van der Waals surface area contributed by atoms with Crippen molar-refractivity contribution in [3.63, 3.8) is 0 Å². The molecule has 0 fully saturated rings. The molecule has 0 aliphatic carbocycles. The first-order valence-electron chi connectivity index (χ1n) is 9.24. The Balaban J connectivity index is 1.40. The molecule has 0 aliphatic heterocycles. The monoisotopic (exact) mass is 434 g/mol. The van der Waals surface area contributed by atoms with Crippen molar-refractivity contribution in [1.29, 1.82) is 0 Å². The number of benzene rings is 3. The summed E-state index contributed by atoms with van der Waals surface area (Å²) in [5, 5.41) is 28.0. The van der Waals surface area contributed by atoms with Crippen LogP contribution < -0.4 is 10.2 Å². The lowest BCUT2D eigenvalue weighted by atomic mass is 10.1. The zero-order valence-electron chi connectivity index (χ0n) is 16.5. The molecule has 0 bridgehead atoms. The highest BCUT2D eigenvalue weighted by Crippen LogP contribution is 2.26. The topological polar surface area (TPSA) is 115 Å². The highest BCUT2D eigenvalue weighted by molar-refractivity contribution is 7.99. The number of hydrogen-bond donors (Lipinski definition) is 2. The fourth-order valence-electron chi connectivity index (χ4n) is 2.93. The van der Waals surface area contributed by atoms with E-state index in [1.165, 1.54) is 31.2 Å². The van der Waals surface area contributed by atoms with Crippen LogP contribution in [0.2, 0.25) is 0 Å². The van der Waals surface area contributed by atoms with Crippen LogP contribution in [-0.4, -0.2) is 50.3 Å². The lowest BCUT2D eigenvalue weighted by Gasteiger charge is -2.07. The number of hydrazone groups is 1. The second kappa shape index (κ2) is 9.26. The van der Waals surface area contributed by atoms with Crippen molar-refractivity contribution < 1.29 is 14.6 Å².